The van der Waals surface area contributed by atoms with Gasteiger partial charge >= 0.3 is 0 Å². The van der Waals surface area contributed by atoms with Gasteiger partial charge in [-0.2, -0.15) is 0 Å². The first-order chi connectivity index (χ1) is 24.8. The summed E-state index contributed by atoms with van der Waals surface area (Å²) < 4.78 is 9.46. The summed E-state index contributed by atoms with van der Waals surface area (Å²) in [7, 11) is 0. The van der Waals surface area contributed by atoms with E-state index in [2.05, 4.69) is 121 Å². The standard InChI is InChI=1S/C45H27N3OS/c1-3-13-28(14-4-1)30-17-9-18-31(27-30)44-46-43(29-15-5-2-6-16-29)47-45(48-44)38-25-11-21-34-33-20-10-22-35(40(33)49-41(34)38)37-24-12-23-36-32-19-7-8-26-39(32)50-42(36)37/h1-27H. The minimum absolute atomic E-state index is 0.566. The lowest BCUT2D eigenvalue weighted by molar-refractivity contribution is 0.670. The van der Waals surface area contributed by atoms with Gasteiger partial charge in [0.1, 0.15) is 11.2 Å². The van der Waals surface area contributed by atoms with Crippen LogP contribution >= 0.6 is 11.3 Å². The minimum Gasteiger partial charge on any atom is -0.455 e. The van der Waals surface area contributed by atoms with Crippen LogP contribution in [-0.2, 0) is 0 Å². The zero-order chi connectivity index (χ0) is 33.0. The average molecular weight is 658 g/mol. The molecule has 0 aliphatic carbocycles. The maximum Gasteiger partial charge on any atom is 0.167 e. The predicted molar refractivity (Wildman–Crippen MR) is 207 cm³/mol. The van der Waals surface area contributed by atoms with Gasteiger partial charge in [-0.1, -0.05) is 146 Å². The van der Waals surface area contributed by atoms with Crippen molar-refractivity contribution in [3.05, 3.63) is 164 Å². The number of hydrogen-bond acceptors (Lipinski definition) is 5. The van der Waals surface area contributed by atoms with E-state index in [-0.39, 0.29) is 0 Å². The van der Waals surface area contributed by atoms with Gasteiger partial charge in [-0.05, 0) is 29.3 Å². The zero-order valence-electron chi connectivity index (χ0n) is 26.7. The van der Waals surface area contributed by atoms with Gasteiger partial charge in [-0.3, -0.25) is 0 Å². The highest BCUT2D eigenvalue weighted by Gasteiger charge is 2.20. The molecule has 3 aromatic heterocycles. The molecule has 0 saturated carbocycles. The van der Waals surface area contributed by atoms with Crippen LogP contribution in [0.4, 0.5) is 0 Å². The Labute approximate surface area is 292 Å². The molecular formula is C45H27N3OS. The molecule has 10 rings (SSSR count). The molecule has 0 N–H and O–H groups in total. The molecule has 0 fully saturated rings. The molecule has 0 unspecified atom stereocenters. The number of rotatable bonds is 5. The van der Waals surface area contributed by atoms with Crippen LogP contribution in [0, 0.1) is 0 Å². The fourth-order valence-corrected chi connectivity index (χ4v) is 8.21. The van der Waals surface area contributed by atoms with Crippen LogP contribution in [-0.4, -0.2) is 15.0 Å². The molecule has 50 heavy (non-hydrogen) atoms. The number of furan rings is 1. The van der Waals surface area contributed by atoms with Gasteiger partial charge < -0.3 is 4.42 Å². The predicted octanol–water partition coefficient (Wildman–Crippen LogP) is 12.5. The van der Waals surface area contributed by atoms with Crippen molar-refractivity contribution in [2.75, 3.05) is 0 Å². The van der Waals surface area contributed by atoms with Crippen LogP contribution in [0.15, 0.2) is 168 Å². The van der Waals surface area contributed by atoms with Crippen LogP contribution in [0.5, 0.6) is 0 Å². The summed E-state index contributed by atoms with van der Waals surface area (Å²) in [6.07, 6.45) is 0. The van der Waals surface area contributed by atoms with Crippen molar-refractivity contribution in [2.45, 2.75) is 0 Å². The van der Waals surface area contributed by atoms with E-state index in [4.69, 9.17) is 19.4 Å². The molecule has 234 valence electrons. The smallest absolute Gasteiger partial charge is 0.167 e. The highest BCUT2D eigenvalue weighted by molar-refractivity contribution is 7.26. The van der Waals surface area contributed by atoms with Crippen molar-refractivity contribution in [2.24, 2.45) is 0 Å². The largest absolute Gasteiger partial charge is 0.455 e. The van der Waals surface area contributed by atoms with Crippen molar-refractivity contribution >= 4 is 53.4 Å². The van der Waals surface area contributed by atoms with Gasteiger partial charge in [0.25, 0.3) is 0 Å². The SMILES string of the molecule is c1ccc(-c2cccc(-c3nc(-c4ccccc4)nc(-c4cccc5c4oc4c(-c6cccc7c6sc6ccccc67)cccc45)n3)c2)cc1. The topological polar surface area (TPSA) is 51.8 Å². The minimum atomic E-state index is 0.566. The van der Waals surface area contributed by atoms with E-state index in [1.807, 2.05) is 53.8 Å². The van der Waals surface area contributed by atoms with Crippen LogP contribution in [0.2, 0.25) is 0 Å². The highest BCUT2D eigenvalue weighted by atomic mass is 32.1. The summed E-state index contributed by atoms with van der Waals surface area (Å²) in [5.41, 5.74) is 8.76. The number of para-hydroxylation sites is 2. The summed E-state index contributed by atoms with van der Waals surface area (Å²) in [6.45, 7) is 0. The van der Waals surface area contributed by atoms with Crippen LogP contribution < -0.4 is 0 Å². The Kier molecular flexibility index (Phi) is 6.64. The molecule has 0 saturated heterocycles. The maximum absolute atomic E-state index is 6.92. The van der Waals surface area contributed by atoms with Crippen molar-refractivity contribution in [1.82, 2.24) is 15.0 Å². The normalized spacial score (nSPS) is 11.6. The van der Waals surface area contributed by atoms with Gasteiger partial charge in [-0.25, -0.2) is 15.0 Å². The Bertz CT molecular complexity index is 2870. The summed E-state index contributed by atoms with van der Waals surface area (Å²) in [5.74, 6) is 1.79. The molecule has 4 nitrogen and oxygen atoms in total. The number of nitrogens with zero attached hydrogens (tertiary/aromatic N) is 3. The molecule has 0 amide bonds. The fourth-order valence-electron chi connectivity index (χ4n) is 6.98. The highest BCUT2D eigenvalue weighted by Crippen LogP contribution is 2.44. The Hall–Kier alpha value is -6.43. The second kappa shape index (κ2) is 11.6. The Balaban J connectivity index is 1.18. The summed E-state index contributed by atoms with van der Waals surface area (Å²) in [5, 5.41) is 4.63. The molecular weight excluding hydrogens is 631 g/mol. The van der Waals surface area contributed by atoms with E-state index >= 15 is 0 Å². The number of fused-ring (bicyclic) bond motifs is 6. The molecule has 0 aliphatic rings. The quantitative estimate of drug-likeness (QED) is 0.185. The maximum atomic E-state index is 6.92. The Morgan fingerprint density at radius 3 is 1.66 bits per heavy atom. The van der Waals surface area contributed by atoms with E-state index in [1.165, 1.54) is 25.7 Å². The Morgan fingerprint density at radius 2 is 0.880 bits per heavy atom. The molecule has 0 spiro atoms. The molecule has 5 heteroatoms. The third-order valence-electron chi connectivity index (χ3n) is 9.36. The summed E-state index contributed by atoms with van der Waals surface area (Å²) in [6, 6.07) is 56.7. The van der Waals surface area contributed by atoms with Crippen LogP contribution in [0.25, 0.3) is 98.5 Å². The first-order valence-electron chi connectivity index (χ1n) is 16.6. The van der Waals surface area contributed by atoms with Gasteiger partial charge in [0.15, 0.2) is 17.5 Å². The lowest BCUT2D eigenvalue weighted by Gasteiger charge is -2.10. The fraction of sp³-hybridized carbons (Fsp3) is 0. The Morgan fingerprint density at radius 1 is 0.360 bits per heavy atom. The molecule has 0 aliphatic heterocycles. The van der Waals surface area contributed by atoms with Crippen molar-refractivity contribution in [3.63, 3.8) is 0 Å². The first-order valence-corrected chi connectivity index (χ1v) is 17.4. The number of aromatic nitrogens is 3. The van der Waals surface area contributed by atoms with Crippen molar-refractivity contribution < 1.29 is 4.42 Å². The van der Waals surface area contributed by atoms with Crippen LogP contribution in [0.1, 0.15) is 0 Å². The zero-order valence-corrected chi connectivity index (χ0v) is 27.6. The van der Waals surface area contributed by atoms with E-state index in [0.717, 1.165) is 55.3 Å². The molecule has 0 atom stereocenters. The number of thiophene rings is 1. The molecule has 0 bridgehead atoms. The van der Waals surface area contributed by atoms with Crippen molar-refractivity contribution in [1.29, 1.82) is 0 Å². The monoisotopic (exact) mass is 657 g/mol. The van der Waals surface area contributed by atoms with Crippen LogP contribution in [0.3, 0.4) is 0 Å². The summed E-state index contributed by atoms with van der Waals surface area (Å²) >= 11 is 1.83. The molecule has 3 heterocycles. The first kappa shape index (κ1) is 28.6. The lowest BCUT2D eigenvalue weighted by atomic mass is 10.00. The van der Waals surface area contributed by atoms with E-state index in [0.29, 0.717) is 17.5 Å². The number of hydrogen-bond donors (Lipinski definition) is 0. The second-order valence-electron chi connectivity index (χ2n) is 12.4. The van der Waals surface area contributed by atoms with E-state index in [9.17, 15) is 0 Å². The second-order valence-corrected chi connectivity index (χ2v) is 13.4. The third-order valence-corrected chi connectivity index (χ3v) is 10.6. The van der Waals surface area contributed by atoms with Gasteiger partial charge in [-0.15, -0.1) is 11.3 Å². The van der Waals surface area contributed by atoms with E-state index in [1.54, 1.807) is 0 Å². The number of benzene rings is 7. The van der Waals surface area contributed by atoms with Gasteiger partial charge in [0, 0.05) is 53.2 Å². The van der Waals surface area contributed by atoms with Gasteiger partial charge in [0.05, 0.1) is 5.56 Å². The average Bonchev–Trinajstić information content (AvgIpc) is 3.77. The summed E-state index contributed by atoms with van der Waals surface area (Å²) in [4.78, 5) is 15.2. The van der Waals surface area contributed by atoms with E-state index < -0.39 is 0 Å². The van der Waals surface area contributed by atoms with Crippen molar-refractivity contribution in [3.8, 4) is 56.4 Å². The molecule has 10 aromatic rings. The molecule has 0 radical (unpaired) electrons. The third kappa shape index (κ3) is 4.71. The molecule has 7 aromatic carbocycles. The van der Waals surface area contributed by atoms with Gasteiger partial charge in [0.2, 0.25) is 0 Å². The lowest BCUT2D eigenvalue weighted by Crippen LogP contribution is -2.00.